The third-order valence-electron chi connectivity index (χ3n) is 3.74. The van der Waals surface area contributed by atoms with Crippen molar-refractivity contribution in [1.29, 1.82) is 0 Å². The maximum atomic E-state index is 12.1. The smallest absolute Gasteiger partial charge is 0.311 e. The second kappa shape index (κ2) is 9.77. The van der Waals surface area contributed by atoms with Gasteiger partial charge in [0.2, 0.25) is 0 Å². The zero-order valence-electron chi connectivity index (χ0n) is 13.7. The summed E-state index contributed by atoms with van der Waals surface area (Å²) < 4.78 is 5.41. The fraction of sp³-hybridized carbons (Fsp3) is 0.875. The number of likely N-dealkylation sites (tertiary alicyclic amines) is 1. The van der Waals surface area contributed by atoms with Crippen LogP contribution in [0.5, 0.6) is 0 Å². The van der Waals surface area contributed by atoms with Gasteiger partial charge in [0.25, 0.3) is 0 Å². The minimum atomic E-state index is -0.482. The van der Waals surface area contributed by atoms with E-state index in [0.717, 1.165) is 32.3 Å². The van der Waals surface area contributed by atoms with Gasteiger partial charge < -0.3 is 15.0 Å². The van der Waals surface area contributed by atoms with Crippen molar-refractivity contribution in [2.24, 2.45) is 11.8 Å². The molecule has 21 heavy (non-hydrogen) atoms. The monoisotopic (exact) mass is 298 g/mol. The van der Waals surface area contributed by atoms with Gasteiger partial charge in [-0.05, 0) is 31.1 Å². The highest BCUT2D eigenvalue weighted by atomic mass is 16.5. The largest absolute Gasteiger partial charge is 0.381 e. The molecule has 5 nitrogen and oxygen atoms in total. The number of hydrogen-bond acceptors (Lipinski definition) is 3. The quantitative estimate of drug-likeness (QED) is 0.576. The van der Waals surface area contributed by atoms with E-state index < -0.39 is 5.91 Å². The molecule has 1 fully saturated rings. The van der Waals surface area contributed by atoms with Gasteiger partial charge >= 0.3 is 11.8 Å². The number of piperidine rings is 1. The summed E-state index contributed by atoms with van der Waals surface area (Å²) in [6, 6.07) is 0. The van der Waals surface area contributed by atoms with Crippen LogP contribution in [0.1, 0.15) is 46.5 Å². The maximum Gasteiger partial charge on any atom is 0.311 e. The lowest BCUT2D eigenvalue weighted by Gasteiger charge is -2.34. The number of rotatable bonds is 7. The normalized spacial score (nSPS) is 22.1. The molecule has 2 atom stereocenters. The van der Waals surface area contributed by atoms with Crippen molar-refractivity contribution in [1.82, 2.24) is 10.2 Å². The third kappa shape index (κ3) is 6.93. The van der Waals surface area contributed by atoms with Crippen LogP contribution in [0.4, 0.5) is 0 Å². The minimum absolute atomic E-state index is 0.389. The summed E-state index contributed by atoms with van der Waals surface area (Å²) >= 11 is 0. The van der Waals surface area contributed by atoms with E-state index in [9.17, 15) is 9.59 Å². The number of nitrogens with zero attached hydrogens (tertiary/aromatic N) is 1. The molecule has 1 aliphatic rings. The van der Waals surface area contributed by atoms with Gasteiger partial charge in [0.15, 0.2) is 0 Å². The molecule has 0 aromatic heterocycles. The molecule has 0 aliphatic carbocycles. The van der Waals surface area contributed by atoms with Gasteiger partial charge in [-0.15, -0.1) is 0 Å². The van der Waals surface area contributed by atoms with Crippen LogP contribution in [-0.2, 0) is 14.3 Å². The van der Waals surface area contributed by atoms with Crippen molar-refractivity contribution >= 4 is 11.8 Å². The molecule has 122 valence electrons. The van der Waals surface area contributed by atoms with E-state index in [2.05, 4.69) is 26.1 Å². The fourth-order valence-electron chi connectivity index (χ4n) is 2.77. The molecule has 1 N–H and O–H groups in total. The van der Waals surface area contributed by atoms with Crippen LogP contribution < -0.4 is 5.32 Å². The van der Waals surface area contributed by atoms with Crippen molar-refractivity contribution in [3.63, 3.8) is 0 Å². The van der Waals surface area contributed by atoms with Crippen LogP contribution in [0, 0.1) is 11.8 Å². The summed E-state index contributed by atoms with van der Waals surface area (Å²) in [5.41, 5.74) is 0. The van der Waals surface area contributed by atoms with Gasteiger partial charge in [0.1, 0.15) is 0 Å². The summed E-state index contributed by atoms with van der Waals surface area (Å²) in [5.74, 6) is 0.0695. The van der Waals surface area contributed by atoms with E-state index in [1.54, 1.807) is 4.90 Å². The standard InChI is InChI=1S/C16H30N2O3/c1-4-5-8-21-9-6-7-17-15(19)16(20)18-11-13(2)10-14(3)12-18/h13-14H,4-12H2,1-3H3,(H,17,19). The van der Waals surface area contributed by atoms with Crippen molar-refractivity contribution in [2.45, 2.75) is 46.5 Å². The van der Waals surface area contributed by atoms with E-state index in [0.29, 0.717) is 38.1 Å². The lowest BCUT2D eigenvalue weighted by molar-refractivity contribution is -0.147. The number of amides is 2. The molecule has 5 heteroatoms. The first-order chi connectivity index (χ1) is 10.0. The van der Waals surface area contributed by atoms with Crippen LogP contribution in [0.3, 0.4) is 0 Å². The topological polar surface area (TPSA) is 58.6 Å². The van der Waals surface area contributed by atoms with Crippen LogP contribution >= 0.6 is 0 Å². The van der Waals surface area contributed by atoms with E-state index in [4.69, 9.17) is 4.74 Å². The number of ether oxygens (including phenoxy) is 1. The maximum absolute atomic E-state index is 12.1. The van der Waals surface area contributed by atoms with Crippen LogP contribution in [0.2, 0.25) is 0 Å². The molecule has 2 unspecified atom stereocenters. The van der Waals surface area contributed by atoms with E-state index >= 15 is 0 Å². The Hall–Kier alpha value is -1.10. The molecule has 0 bridgehead atoms. The average Bonchev–Trinajstić information content (AvgIpc) is 2.44. The fourth-order valence-corrected chi connectivity index (χ4v) is 2.77. The number of nitrogens with one attached hydrogen (secondary N) is 1. The van der Waals surface area contributed by atoms with Gasteiger partial charge in [-0.2, -0.15) is 0 Å². The number of carbonyl (C=O) groups is 2. The van der Waals surface area contributed by atoms with Gasteiger partial charge in [-0.3, -0.25) is 9.59 Å². The summed E-state index contributed by atoms with van der Waals surface area (Å²) in [7, 11) is 0. The Kier molecular flexibility index (Phi) is 8.35. The predicted octanol–water partition coefficient (Wildman–Crippen LogP) is 1.81. The first kappa shape index (κ1) is 18.0. The van der Waals surface area contributed by atoms with Gasteiger partial charge in [-0.25, -0.2) is 0 Å². The minimum Gasteiger partial charge on any atom is -0.381 e. The Morgan fingerprint density at radius 3 is 2.38 bits per heavy atom. The molecule has 1 saturated heterocycles. The molecule has 0 radical (unpaired) electrons. The van der Waals surface area contributed by atoms with Gasteiger partial charge in [0, 0.05) is 32.8 Å². The zero-order valence-corrected chi connectivity index (χ0v) is 13.7. The summed E-state index contributed by atoms with van der Waals surface area (Å²) in [6.07, 6.45) is 4.06. The third-order valence-corrected chi connectivity index (χ3v) is 3.74. The van der Waals surface area contributed by atoms with E-state index in [1.807, 2.05) is 0 Å². The second-order valence-corrected chi connectivity index (χ2v) is 6.23. The first-order valence-corrected chi connectivity index (χ1v) is 8.19. The highest BCUT2D eigenvalue weighted by molar-refractivity contribution is 6.35. The SMILES string of the molecule is CCCCOCCCNC(=O)C(=O)N1CC(C)CC(C)C1. The van der Waals surface area contributed by atoms with E-state index in [1.165, 1.54) is 0 Å². The Bertz CT molecular complexity index is 323. The van der Waals surface area contributed by atoms with Gasteiger partial charge in [-0.1, -0.05) is 27.2 Å². The average molecular weight is 298 g/mol. The molecule has 0 aromatic rings. The molecular weight excluding hydrogens is 268 g/mol. The Morgan fingerprint density at radius 2 is 1.76 bits per heavy atom. The van der Waals surface area contributed by atoms with Crippen molar-refractivity contribution in [2.75, 3.05) is 32.8 Å². The molecule has 1 rings (SSSR count). The molecular formula is C16H30N2O3. The first-order valence-electron chi connectivity index (χ1n) is 8.19. The number of hydrogen-bond donors (Lipinski definition) is 1. The van der Waals surface area contributed by atoms with Crippen molar-refractivity contribution in [3.8, 4) is 0 Å². The summed E-state index contributed by atoms with van der Waals surface area (Å²) in [4.78, 5) is 25.6. The van der Waals surface area contributed by atoms with Crippen LogP contribution in [0.15, 0.2) is 0 Å². The number of unbranched alkanes of at least 4 members (excludes halogenated alkanes) is 1. The molecule has 0 aromatic carbocycles. The lowest BCUT2D eigenvalue weighted by atomic mass is 9.92. The second-order valence-electron chi connectivity index (χ2n) is 6.23. The molecule has 0 spiro atoms. The lowest BCUT2D eigenvalue weighted by Crippen LogP contribution is -2.49. The van der Waals surface area contributed by atoms with Crippen molar-refractivity contribution < 1.29 is 14.3 Å². The van der Waals surface area contributed by atoms with Gasteiger partial charge in [0.05, 0.1) is 0 Å². The van der Waals surface area contributed by atoms with Crippen molar-refractivity contribution in [3.05, 3.63) is 0 Å². The van der Waals surface area contributed by atoms with E-state index in [-0.39, 0.29) is 5.91 Å². The predicted molar refractivity (Wildman–Crippen MR) is 82.9 cm³/mol. The highest BCUT2D eigenvalue weighted by Gasteiger charge is 2.28. The van der Waals surface area contributed by atoms with Crippen LogP contribution in [0.25, 0.3) is 0 Å². The zero-order chi connectivity index (χ0) is 15.7. The Balaban J connectivity index is 2.17. The molecule has 1 heterocycles. The summed E-state index contributed by atoms with van der Waals surface area (Å²) in [6.45, 7) is 9.66. The summed E-state index contributed by atoms with van der Waals surface area (Å²) in [5, 5.41) is 2.69. The molecule has 0 saturated carbocycles. The highest BCUT2D eigenvalue weighted by Crippen LogP contribution is 2.20. The Morgan fingerprint density at radius 1 is 1.14 bits per heavy atom. The number of carbonyl (C=O) groups excluding carboxylic acids is 2. The molecule has 1 aliphatic heterocycles. The Labute approximate surface area is 128 Å². The molecule has 2 amide bonds. The van der Waals surface area contributed by atoms with Crippen LogP contribution in [-0.4, -0.2) is 49.6 Å².